The zero-order valence-corrected chi connectivity index (χ0v) is 12.4. The summed E-state index contributed by atoms with van der Waals surface area (Å²) < 4.78 is 0. The lowest BCUT2D eigenvalue weighted by atomic mass is 10.0. The van der Waals surface area contributed by atoms with Crippen molar-refractivity contribution in [3.63, 3.8) is 0 Å². The van der Waals surface area contributed by atoms with Crippen LogP contribution in [0.25, 0.3) is 11.3 Å². The first kappa shape index (κ1) is 14.1. The molecule has 0 fully saturated rings. The summed E-state index contributed by atoms with van der Waals surface area (Å²) in [5, 5.41) is 8.28. The van der Waals surface area contributed by atoms with Gasteiger partial charge in [-0.15, -0.1) is 0 Å². The highest BCUT2D eigenvalue weighted by atomic mass is 35.5. The molecule has 0 bridgehead atoms. The number of hydrogen-bond acceptors (Lipinski definition) is 3. The Kier molecular flexibility index (Phi) is 3.94. The summed E-state index contributed by atoms with van der Waals surface area (Å²) in [6, 6.07) is 7.68. The van der Waals surface area contributed by atoms with Crippen LogP contribution >= 0.6 is 11.6 Å². The van der Waals surface area contributed by atoms with E-state index in [1.165, 1.54) is 11.3 Å². The number of fused-ring (bicyclic) bond motifs is 1. The molecule has 0 aliphatic carbocycles. The molecule has 0 saturated heterocycles. The molecule has 0 atom stereocenters. The van der Waals surface area contributed by atoms with E-state index in [4.69, 9.17) is 17.3 Å². The highest BCUT2D eigenvalue weighted by Crippen LogP contribution is 2.29. The van der Waals surface area contributed by atoms with Crippen molar-refractivity contribution in [3.05, 3.63) is 40.5 Å². The normalized spacial score (nSPS) is 14.9. The number of benzene rings is 1. The molecule has 1 aliphatic heterocycles. The maximum absolute atomic E-state index is 10.9. The number of halogens is 1. The van der Waals surface area contributed by atoms with E-state index in [1.54, 1.807) is 0 Å². The van der Waals surface area contributed by atoms with Gasteiger partial charge in [-0.25, -0.2) is 0 Å². The van der Waals surface area contributed by atoms with Gasteiger partial charge in [-0.3, -0.25) is 14.8 Å². The number of carbonyl (C=O) groups is 1. The van der Waals surface area contributed by atoms with Crippen LogP contribution < -0.4 is 5.73 Å². The third-order valence-corrected chi connectivity index (χ3v) is 4.06. The van der Waals surface area contributed by atoms with Crippen LogP contribution in [-0.4, -0.2) is 34.1 Å². The molecule has 110 valence electrons. The van der Waals surface area contributed by atoms with Crippen LogP contribution in [0.2, 0.25) is 5.02 Å². The molecule has 5 nitrogen and oxygen atoms in total. The summed E-state index contributed by atoms with van der Waals surface area (Å²) in [6.45, 7) is 2.40. The van der Waals surface area contributed by atoms with E-state index in [-0.39, 0.29) is 5.91 Å². The molecule has 1 aromatic carbocycles. The standard InChI is InChI=1S/C15H17ClN4O/c16-11-3-1-10(2-4-11)15-12-9-20(8-6-14(17)21)7-5-13(12)18-19-15/h1-4H,5-9H2,(H2,17,21)(H,18,19). The van der Waals surface area contributed by atoms with Gasteiger partial charge in [-0.1, -0.05) is 23.7 Å². The van der Waals surface area contributed by atoms with Crippen molar-refractivity contribution in [2.75, 3.05) is 13.1 Å². The maximum atomic E-state index is 10.9. The molecule has 2 heterocycles. The zero-order valence-electron chi connectivity index (χ0n) is 11.6. The fourth-order valence-corrected chi connectivity index (χ4v) is 2.78. The summed E-state index contributed by atoms with van der Waals surface area (Å²) in [7, 11) is 0. The van der Waals surface area contributed by atoms with Crippen molar-refractivity contribution >= 4 is 17.5 Å². The van der Waals surface area contributed by atoms with E-state index in [0.717, 1.165) is 30.8 Å². The van der Waals surface area contributed by atoms with E-state index in [9.17, 15) is 4.79 Å². The van der Waals surface area contributed by atoms with Gasteiger partial charge in [-0.2, -0.15) is 5.10 Å². The number of nitrogens with one attached hydrogen (secondary N) is 1. The van der Waals surface area contributed by atoms with Crippen molar-refractivity contribution in [2.24, 2.45) is 5.73 Å². The molecule has 3 rings (SSSR count). The predicted octanol–water partition coefficient (Wildman–Crippen LogP) is 1.96. The van der Waals surface area contributed by atoms with Gasteiger partial charge in [0.15, 0.2) is 0 Å². The van der Waals surface area contributed by atoms with Crippen molar-refractivity contribution < 1.29 is 4.79 Å². The quantitative estimate of drug-likeness (QED) is 0.906. The first-order chi connectivity index (χ1) is 10.1. The Morgan fingerprint density at radius 1 is 1.38 bits per heavy atom. The molecule has 6 heteroatoms. The lowest BCUT2D eigenvalue weighted by Gasteiger charge is -2.26. The summed E-state index contributed by atoms with van der Waals surface area (Å²) in [5.74, 6) is -0.258. The van der Waals surface area contributed by atoms with Crippen molar-refractivity contribution in [1.82, 2.24) is 15.1 Å². The van der Waals surface area contributed by atoms with Gasteiger partial charge in [0.2, 0.25) is 5.91 Å². The van der Waals surface area contributed by atoms with E-state index in [1.807, 2.05) is 24.3 Å². The second kappa shape index (κ2) is 5.87. The fraction of sp³-hybridized carbons (Fsp3) is 0.333. The number of hydrogen-bond donors (Lipinski definition) is 2. The van der Waals surface area contributed by atoms with Crippen LogP contribution in [0.3, 0.4) is 0 Å². The largest absolute Gasteiger partial charge is 0.370 e. The van der Waals surface area contributed by atoms with Gasteiger partial charge in [0.25, 0.3) is 0 Å². The first-order valence-corrected chi connectivity index (χ1v) is 7.34. The number of nitrogens with two attached hydrogens (primary N) is 1. The highest BCUT2D eigenvalue weighted by molar-refractivity contribution is 6.30. The number of aromatic amines is 1. The number of amides is 1. The maximum Gasteiger partial charge on any atom is 0.218 e. The molecule has 1 aliphatic rings. The van der Waals surface area contributed by atoms with Crippen LogP contribution in [0.1, 0.15) is 17.7 Å². The molecular formula is C15H17ClN4O. The Balaban J connectivity index is 1.82. The topological polar surface area (TPSA) is 75.0 Å². The van der Waals surface area contributed by atoms with Crippen LogP contribution in [0.5, 0.6) is 0 Å². The number of carbonyl (C=O) groups excluding carboxylic acids is 1. The van der Waals surface area contributed by atoms with E-state index in [2.05, 4.69) is 15.1 Å². The highest BCUT2D eigenvalue weighted by Gasteiger charge is 2.22. The molecule has 0 spiro atoms. The third-order valence-electron chi connectivity index (χ3n) is 3.80. The molecular weight excluding hydrogens is 288 g/mol. The van der Waals surface area contributed by atoms with Crippen LogP contribution in [0.15, 0.2) is 24.3 Å². The Morgan fingerprint density at radius 3 is 2.86 bits per heavy atom. The number of rotatable bonds is 4. The van der Waals surface area contributed by atoms with E-state index >= 15 is 0 Å². The molecule has 3 N–H and O–H groups in total. The summed E-state index contributed by atoms with van der Waals surface area (Å²) in [4.78, 5) is 13.2. The molecule has 0 unspecified atom stereocenters. The molecule has 0 saturated carbocycles. The van der Waals surface area contributed by atoms with Gasteiger partial charge in [0.05, 0.1) is 5.69 Å². The monoisotopic (exact) mass is 304 g/mol. The second-order valence-corrected chi connectivity index (χ2v) is 5.72. The molecule has 1 aromatic heterocycles. The van der Waals surface area contributed by atoms with Gasteiger partial charge in [0.1, 0.15) is 0 Å². The lowest BCUT2D eigenvalue weighted by molar-refractivity contribution is -0.118. The SMILES string of the molecule is NC(=O)CCN1CCc2[nH]nc(-c3ccc(Cl)cc3)c2C1. The van der Waals surface area contributed by atoms with Gasteiger partial charge >= 0.3 is 0 Å². The third kappa shape index (κ3) is 3.09. The summed E-state index contributed by atoms with van der Waals surface area (Å²) in [6.07, 6.45) is 1.30. The van der Waals surface area contributed by atoms with Gasteiger partial charge < -0.3 is 5.73 Å². The molecule has 2 aromatic rings. The number of nitrogens with zero attached hydrogens (tertiary/aromatic N) is 2. The minimum atomic E-state index is -0.258. The Hall–Kier alpha value is -1.85. The van der Waals surface area contributed by atoms with Gasteiger partial charge in [-0.05, 0) is 12.1 Å². The number of primary amides is 1. The smallest absolute Gasteiger partial charge is 0.218 e. The Morgan fingerprint density at radius 2 is 2.14 bits per heavy atom. The van der Waals surface area contributed by atoms with Gasteiger partial charge in [0, 0.05) is 54.3 Å². The summed E-state index contributed by atoms with van der Waals surface area (Å²) >= 11 is 5.93. The average Bonchev–Trinajstić information content (AvgIpc) is 2.89. The average molecular weight is 305 g/mol. The Labute approximate surface area is 128 Å². The van der Waals surface area contributed by atoms with E-state index < -0.39 is 0 Å². The summed E-state index contributed by atoms with van der Waals surface area (Å²) in [5.41, 5.74) is 9.61. The predicted molar refractivity (Wildman–Crippen MR) is 81.8 cm³/mol. The lowest BCUT2D eigenvalue weighted by Crippen LogP contribution is -2.33. The number of aromatic nitrogens is 2. The van der Waals surface area contributed by atoms with Crippen molar-refractivity contribution in [3.8, 4) is 11.3 Å². The van der Waals surface area contributed by atoms with E-state index in [0.29, 0.717) is 18.0 Å². The van der Waals surface area contributed by atoms with Crippen molar-refractivity contribution in [1.29, 1.82) is 0 Å². The minimum absolute atomic E-state index is 0.258. The first-order valence-electron chi connectivity index (χ1n) is 6.96. The van der Waals surface area contributed by atoms with Crippen LogP contribution in [0, 0.1) is 0 Å². The van der Waals surface area contributed by atoms with Crippen LogP contribution in [0.4, 0.5) is 0 Å². The molecule has 0 radical (unpaired) electrons. The number of H-pyrrole nitrogens is 1. The minimum Gasteiger partial charge on any atom is -0.370 e. The fourth-order valence-electron chi connectivity index (χ4n) is 2.66. The molecule has 1 amide bonds. The van der Waals surface area contributed by atoms with Crippen molar-refractivity contribution in [2.45, 2.75) is 19.4 Å². The van der Waals surface area contributed by atoms with Crippen LogP contribution in [-0.2, 0) is 17.8 Å². The zero-order chi connectivity index (χ0) is 14.8. The Bertz CT molecular complexity index is 650. The second-order valence-electron chi connectivity index (χ2n) is 5.28. The molecule has 21 heavy (non-hydrogen) atoms.